The van der Waals surface area contributed by atoms with E-state index in [-0.39, 0.29) is 11.8 Å². The first-order valence-corrected chi connectivity index (χ1v) is 7.09. The van der Waals surface area contributed by atoms with Crippen molar-refractivity contribution in [2.75, 3.05) is 18.1 Å². The van der Waals surface area contributed by atoms with Crippen molar-refractivity contribution in [1.29, 1.82) is 0 Å². The minimum Gasteiger partial charge on any atom is -0.320 e. The fourth-order valence-corrected chi connectivity index (χ4v) is 2.92. The predicted octanol–water partition coefficient (Wildman–Crippen LogP) is 2.98. The molecule has 4 nitrogen and oxygen atoms in total. The number of benzene rings is 1. The Labute approximate surface area is 124 Å². The zero-order chi connectivity index (χ0) is 14.0. The van der Waals surface area contributed by atoms with Gasteiger partial charge in [0, 0.05) is 13.1 Å². The SMILES string of the molecule is CN1C(=O)CSC1=CC(=O)Nc1c(Cl)cccc1Cl. The Morgan fingerprint density at radius 3 is 2.58 bits per heavy atom. The van der Waals surface area contributed by atoms with E-state index >= 15 is 0 Å². The lowest BCUT2D eigenvalue weighted by Gasteiger charge is -2.10. The number of nitrogens with zero attached hydrogens (tertiary/aromatic N) is 1. The molecule has 0 spiro atoms. The third-order valence-electron chi connectivity index (χ3n) is 2.51. The van der Waals surface area contributed by atoms with Crippen LogP contribution in [0.4, 0.5) is 5.69 Å². The highest BCUT2D eigenvalue weighted by molar-refractivity contribution is 8.04. The second-order valence-electron chi connectivity index (χ2n) is 3.81. The summed E-state index contributed by atoms with van der Waals surface area (Å²) in [7, 11) is 1.63. The van der Waals surface area contributed by atoms with Gasteiger partial charge in [-0.05, 0) is 12.1 Å². The third kappa shape index (κ3) is 3.23. The lowest BCUT2D eigenvalue weighted by molar-refractivity contribution is -0.124. The van der Waals surface area contributed by atoms with Gasteiger partial charge >= 0.3 is 0 Å². The fraction of sp³-hybridized carbons (Fsp3) is 0.167. The lowest BCUT2D eigenvalue weighted by Crippen LogP contribution is -2.20. The Bertz CT molecular complexity index is 555. The van der Waals surface area contributed by atoms with Crippen LogP contribution in [-0.4, -0.2) is 29.5 Å². The number of hydrogen-bond donors (Lipinski definition) is 1. The molecule has 100 valence electrons. The molecule has 19 heavy (non-hydrogen) atoms. The summed E-state index contributed by atoms with van der Waals surface area (Å²) in [5, 5.41) is 3.94. The zero-order valence-electron chi connectivity index (χ0n) is 9.94. The topological polar surface area (TPSA) is 49.4 Å². The number of carbonyl (C=O) groups is 2. The molecule has 1 fully saturated rings. The van der Waals surface area contributed by atoms with Gasteiger partial charge in [-0.25, -0.2) is 0 Å². The van der Waals surface area contributed by atoms with E-state index in [1.165, 1.54) is 22.7 Å². The molecule has 0 aliphatic carbocycles. The lowest BCUT2D eigenvalue weighted by atomic mass is 10.3. The highest BCUT2D eigenvalue weighted by Gasteiger charge is 2.23. The van der Waals surface area contributed by atoms with Crippen molar-refractivity contribution in [2.24, 2.45) is 0 Å². The van der Waals surface area contributed by atoms with Gasteiger partial charge in [-0.3, -0.25) is 9.59 Å². The first kappa shape index (κ1) is 14.2. The molecule has 7 heteroatoms. The zero-order valence-corrected chi connectivity index (χ0v) is 12.3. The Balaban J connectivity index is 2.14. The number of anilines is 1. The molecule has 1 heterocycles. The molecule has 2 rings (SSSR count). The highest BCUT2D eigenvalue weighted by Crippen LogP contribution is 2.31. The Hall–Kier alpha value is -1.17. The molecule has 0 aromatic heterocycles. The molecule has 0 unspecified atom stereocenters. The van der Waals surface area contributed by atoms with Crippen molar-refractivity contribution in [1.82, 2.24) is 4.90 Å². The van der Waals surface area contributed by atoms with E-state index in [9.17, 15) is 9.59 Å². The van der Waals surface area contributed by atoms with E-state index in [0.29, 0.717) is 26.5 Å². The number of carbonyl (C=O) groups excluding carboxylic acids is 2. The first-order valence-electron chi connectivity index (χ1n) is 5.35. The quantitative estimate of drug-likeness (QED) is 0.853. The Kier molecular flexibility index (Phi) is 4.39. The molecule has 0 saturated carbocycles. The molecular formula is C12H10Cl2N2O2S. The van der Waals surface area contributed by atoms with Crippen LogP contribution in [0.2, 0.25) is 10.0 Å². The molecule has 1 N–H and O–H groups in total. The highest BCUT2D eigenvalue weighted by atomic mass is 35.5. The standard InChI is InChI=1S/C12H10Cl2N2O2S/c1-16-10(18)6-19-11(16)5-9(17)15-12-7(13)3-2-4-8(12)14/h2-5H,6H2,1H3,(H,15,17). The normalized spacial score (nSPS) is 17.1. The molecular weight excluding hydrogens is 307 g/mol. The molecule has 1 aliphatic heterocycles. The van der Waals surface area contributed by atoms with Crippen molar-refractivity contribution in [3.05, 3.63) is 39.3 Å². The maximum absolute atomic E-state index is 11.9. The number of hydrogen-bond acceptors (Lipinski definition) is 3. The van der Waals surface area contributed by atoms with Gasteiger partial charge in [0.15, 0.2) is 0 Å². The van der Waals surface area contributed by atoms with Gasteiger partial charge in [0.1, 0.15) is 0 Å². The van der Waals surface area contributed by atoms with Crippen LogP contribution in [0.1, 0.15) is 0 Å². The van der Waals surface area contributed by atoms with Crippen LogP contribution in [0.15, 0.2) is 29.3 Å². The molecule has 1 aromatic rings. The minimum atomic E-state index is -0.376. The van der Waals surface area contributed by atoms with Crippen molar-refractivity contribution in [2.45, 2.75) is 0 Å². The number of amides is 2. The largest absolute Gasteiger partial charge is 0.320 e. The summed E-state index contributed by atoms with van der Waals surface area (Å²) < 4.78 is 0. The van der Waals surface area contributed by atoms with Gasteiger partial charge in [-0.2, -0.15) is 0 Å². The fourth-order valence-electron chi connectivity index (χ4n) is 1.48. The summed E-state index contributed by atoms with van der Waals surface area (Å²) in [6.45, 7) is 0. The number of rotatable bonds is 2. The number of halogens is 2. The van der Waals surface area contributed by atoms with Crippen LogP contribution in [0.25, 0.3) is 0 Å². The van der Waals surface area contributed by atoms with Gasteiger partial charge < -0.3 is 10.2 Å². The number of para-hydroxylation sites is 1. The van der Waals surface area contributed by atoms with Crippen molar-refractivity contribution in [3.63, 3.8) is 0 Å². The van der Waals surface area contributed by atoms with E-state index in [0.717, 1.165) is 0 Å². The maximum Gasteiger partial charge on any atom is 0.251 e. The van der Waals surface area contributed by atoms with Gasteiger partial charge in [0.05, 0.1) is 26.5 Å². The summed E-state index contributed by atoms with van der Waals surface area (Å²) in [4.78, 5) is 24.6. The van der Waals surface area contributed by atoms with Crippen LogP contribution in [0.5, 0.6) is 0 Å². The monoisotopic (exact) mass is 316 g/mol. The van der Waals surface area contributed by atoms with E-state index in [4.69, 9.17) is 23.2 Å². The summed E-state index contributed by atoms with van der Waals surface area (Å²) in [5.41, 5.74) is 0.365. The molecule has 1 aromatic carbocycles. The molecule has 0 bridgehead atoms. The van der Waals surface area contributed by atoms with E-state index < -0.39 is 0 Å². The average Bonchev–Trinajstić information content (AvgIpc) is 2.66. The predicted molar refractivity (Wildman–Crippen MR) is 78.4 cm³/mol. The second-order valence-corrected chi connectivity index (χ2v) is 5.62. The number of nitrogens with one attached hydrogen (secondary N) is 1. The van der Waals surface area contributed by atoms with E-state index in [2.05, 4.69) is 5.32 Å². The number of thioether (sulfide) groups is 1. The average molecular weight is 317 g/mol. The van der Waals surface area contributed by atoms with Crippen molar-refractivity contribution in [3.8, 4) is 0 Å². The third-order valence-corrected chi connectivity index (χ3v) is 4.22. The van der Waals surface area contributed by atoms with Crippen LogP contribution in [0, 0.1) is 0 Å². The van der Waals surface area contributed by atoms with Crippen LogP contribution in [0.3, 0.4) is 0 Å². The van der Waals surface area contributed by atoms with E-state index in [1.54, 1.807) is 25.2 Å². The summed E-state index contributed by atoms with van der Waals surface area (Å²) >= 11 is 13.2. The van der Waals surface area contributed by atoms with Crippen LogP contribution >= 0.6 is 35.0 Å². The second kappa shape index (κ2) is 5.86. The van der Waals surface area contributed by atoms with Gasteiger partial charge in [0.2, 0.25) is 5.91 Å². The van der Waals surface area contributed by atoms with Crippen LogP contribution in [-0.2, 0) is 9.59 Å². The first-order chi connectivity index (χ1) is 8.99. The van der Waals surface area contributed by atoms with Gasteiger partial charge in [-0.15, -0.1) is 0 Å². The molecule has 0 radical (unpaired) electrons. The summed E-state index contributed by atoms with van der Waals surface area (Å²) in [5.74, 6) is -0.0542. The smallest absolute Gasteiger partial charge is 0.251 e. The Morgan fingerprint density at radius 1 is 1.42 bits per heavy atom. The van der Waals surface area contributed by atoms with Gasteiger partial charge in [-0.1, -0.05) is 41.0 Å². The molecule has 1 saturated heterocycles. The molecule has 2 amide bonds. The van der Waals surface area contributed by atoms with Crippen LogP contribution < -0.4 is 5.32 Å². The summed E-state index contributed by atoms with van der Waals surface area (Å²) in [6.07, 6.45) is 1.36. The van der Waals surface area contributed by atoms with Crippen molar-refractivity contribution < 1.29 is 9.59 Å². The molecule has 0 atom stereocenters. The minimum absolute atomic E-state index is 0.0279. The van der Waals surface area contributed by atoms with Crippen molar-refractivity contribution >= 4 is 52.5 Å². The van der Waals surface area contributed by atoms with E-state index in [1.807, 2.05) is 0 Å². The maximum atomic E-state index is 11.9. The Morgan fingerprint density at radius 2 is 2.05 bits per heavy atom. The molecule has 1 aliphatic rings. The van der Waals surface area contributed by atoms with Gasteiger partial charge in [0.25, 0.3) is 5.91 Å². The summed E-state index contributed by atoms with van der Waals surface area (Å²) in [6, 6.07) is 4.96.